The lowest BCUT2D eigenvalue weighted by Gasteiger charge is -2.34. The number of aliphatic hydroxyl groups is 1. The van der Waals surface area contributed by atoms with Crippen molar-refractivity contribution in [3.05, 3.63) is 59.4 Å². The monoisotopic (exact) mass is 470 g/mol. The smallest absolute Gasteiger partial charge is 0.321 e. The molecular formula is C28H38O6. The molecule has 0 saturated heterocycles. The van der Waals surface area contributed by atoms with Gasteiger partial charge in [0.05, 0.1) is 5.60 Å². The quantitative estimate of drug-likeness (QED) is 0.513. The topological polar surface area (TPSA) is 89.9 Å². The van der Waals surface area contributed by atoms with Gasteiger partial charge in [-0.05, 0) is 63.8 Å². The van der Waals surface area contributed by atoms with E-state index in [4.69, 9.17) is 9.47 Å². The van der Waals surface area contributed by atoms with Gasteiger partial charge in [0.15, 0.2) is 5.78 Å². The van der Waals surface area contributed by atoms with Crippen LogP contribution in [0.15, 0.2) is 53.8 Å². The van der Waals surface area contributed by atoms with E-state index in [1.807, 2.05) is 44.2 Å². The highest BCUT2D eigenvalue weighted by Gasteiger charge is 2.40. The van der Waals surface area contributed by atoms with Gasteiger partial charge < -0.3 is 14.6 Å². The molecule has 2 unspecified atom stereocenters. The Labute approximate surface area is 203 Å². The van der Waals surface area contributed by atoms with E-state index in [2.05, 4.69) is 0 Å². The first-order valence-electron chi connectivity index (χ1n) is 11.8. The third-order valence-electron chi connectivity index (χ3n) is 6.74. The molecule has 0 amide bonds. The second-order valence-corrected chi connectivity index (χ2v) is 9.84. The first kappa shape index (κ1) is 27.7. The molecule has 1 N–H and O–H groups in total. The Morgan fingerprint density at radius 2 is 1.68 bits per heavy atom. The number of hydrogen-bond acceptors (Lipinski definition) is 6. The zero-order valence-electron chi connectivity index (χ0n) is 21.4. The third kappa shape index (κ3) is 6.51. The first-order valence-corrected chi connectivity index (χ1v) is 11.8. The van der Waals surface area contributed by atoms with Gasteiger partial charge in [-0.2, -0.15) is 0 Å². The van der Waals surface area contributed by atoms with Crippen molar-refractivity contribution in [3.63, 3.8) is 0 Å². The van der Waals surface area contributed by atoms with Crippen LogP contribution < -0.4 is 0 Å². The molecule has 2 rings (SSSR count). The molecule has 0 saturated carbocycles. The Morgan fingerprint density at radius 3 is 2.24 bits per heavy atom. The Kier molecular flexibility index (Phi) is 9.15. The van der Waals surface area contributed by atoms with Gasteiger partial charge in [0.25, 0.3) is 0 Å². The Hall–Kier alpha value is -2.57. The lowest BCUT2D eigenvalue weighted by Crippen LogP contribution is -2.40. The number of rotatable bonds is 3. The predicted molar refractivity (Wildman–Crippen MR) is 131 cm³/mol. The van der Waals surface area contributed by atoms with Crippen molar-refractivity contribution in [2.24, 2.45) is 17.8 Å². The van der Waals surface area contributed by atoms with Crippen LogP contribution in [0.3, 0.4) is 0 Å². The summed E-state index contributed by atoms with van der Waals surface area (Å²) in [6.45, 7) is 10.3. The van der Waals surface area contributed by atoms with E-state index < -0.39 is 34.9 Å². The summed E-state index contributed by atoms with van der Waals surface area (Å²) >= 11 is 0. The fourth-order valence-corrected chi connectivity index (χ4v) is 4.81. The van der Waals surface area contributed by atoms with Crippen LogP contribution in [0.25, 0.3) is 0 Å². The van der Waals surface area contributed by atoms with E-state index in [0.717, 1.165) is 5.56 Å². The number of ketones is 2. The molecule has 34 heavy (non-hydrogen) atoms. The summed E-state index contributed by atoms with van der Waals surface area (Å²) in [6, 6.07) is 9.26. The van der Waals surface area contributed by atoms with Crippen molar-refractivity contribution in [1.29, 1.82) is 0 Å². The van der Waals surface area contributed by atoms with Gasteiger partial charge in [-0.1, -0.05) is 44.2 Å². The minimum atomic E-state index is -1.76. The Balaban J connectivity index is 2.62. The molecule has 5 atom stereocenters. The van der Waals surface area contributed by atoms with Crippen LogP contribution in [-0.2, 0) is 30.3 Å². The maximum Gasteiger partial charge on any atom is 0.321 e. The van der Waals surface area contributed by atoms with Crippen molar-refractivity contribution >= 4 is 17.5 Å². The lowest BCUT2D eigenvalue weighted by atomic mass is 9.79. The molecule has 6 nitrogen and oxygen atoms in total. The number of esters is 1. The molecule has 186 valence electrons. The summed E-state index contributed by atoms with van der Waals surface area (Å²) < 4.78 is 11.3. The molecule has 0 aromatic heterocycles. The number of methoxy groups -OCH3 is 1. The Morgan fingerprint density at radius 1 is 1.09 bits per heavy atom. The van der Waals surface area contributed by atoms with Gasteiger partial charge in [-0.25, -0.2) is 0 Å². The standard InChI is InChI=1S/C28H38O6/c1-8-23-28(32,17-22-12-10-9-11-13-22)16-20(4)24(29)18(2)14-27(6,33-7)15-19(3)25(30)21(5)26(31)34-23/h8-13,16,18-19,21,32H,14-15,17H2,1-7H3/b20-16+,23-8-/t18-,19?,21?,27+,28-/m1/s1. The first-order chi connectivity index (χ1) is 15.9. The van der Waals surface area contributed by atoms with Crippen molar-refractivity contribution in [2.75, 3.05) is 7.11 Å². The second-order valence-electron chi connectivity index (χ2n) is 9.84. The predicted octanol–water partition coefficient (Wildman–Crippen LogP) is 4.60. The summed E-state index contributed by atoms with van der Waals surface area (Å²) in [5.74, 6) is -3.04. The lowest BCUT2D eigenvalue weighted by molar-refractivity contribution is -0.151. The van der Waals surface area contributed by atoms with Gasteiger partial charge in [-0.15, -0.1) is 0 Å². The van der Waals surface area contributed by atoms with Gasteiger partial charge in [0, 0.05) is 25.4 Å². The molecule has 1 aromatic rings. The number of carbonyl (C=O) groups is 3. The number of benzene rings is 1. The van der Waals surface area contributed by atoms with Crippen LogP contribution in [0.5, 0.6) is 0 Å². The number of carbonyl (C=O) groups excluding carboxylic acids is 3. The summed E-state index contributed by atoms with van der Waals surface area (Å²) in [6.07, 6.45) is 3.83. The number of hydrogen-bond donors (Lipinski definition) is 1. The number of Topliss-reactive ketones (excluding diaryl/α,β-unsaturated/α-hetero) is 2. The zero-order chi connectivity index (χ0) is 25.7. The Bertz CT molecular complexity index is 962. The molecule has 6 heteroatoms. The van der Waals surface area contributed by atoms with Crippen molar-refractivity contribution in [3.8, 4) is 0 Å². The summed E-state index contributed by atoms with van der Waals surface area (Å²) in [5, 5.41) is 11.8. The number of ether oxygens (including phenoxy) is 2. The largest absolute Gasteiger partial charge is 0.427 e. The molecule has 0 spiro atoms. The van der Waals surface area contributed by atoms with Crippen molar-refractivity contribution in [1.82, 2.24) is 0 Å². The minimum absolute atomic E-state index is 0.00718. The SMILES string of the molecule is C/C=C1\OC(=O)C(C)C(=O)C(C)C[C@@](C)(OC)C[C@@H](C)C(=O)/C(C)=C/[C@@]1(O)Cc1ccccc1. The van der Waals surface area contributed by atoms with Crippen molar-refractivity contribution in [2.45, 2.75) is 72.0 Å². The molecule has 0 aliphatic carbocycles. The van der Waals surface area contributed by atoms with Crippen LogP contribution in [-0.4, -0.2) is 41.0 Å². The number of allylic oxidation sites excluding steroid dienone is 2. The average molecular weight is 471 g/mol. The molecule has 1 aliphatic heterocycles. The number of cyclic esters (lactones) is 1. The van der Waals surface area contributed by atoms with Crippen LogP contribution >= 0.6 is 0 Å². The third-order valence-corrected chi connectivity index (χ3v) is 6.74. The highest BCUT2D eigenvalue weighted by atomic mass is 16.5. The molecule has 1 aliphatic rings. The molecule has 0 radical (unpaired) electrons. The van der Waals surface area contributed by atoms with Gasteiger partial charge in [0.2, 0.25) is 0 Å². The van der Waals surface area contributed by atoms with Gasteiger partial charge in [-0.3, -0.25) is 14.4 Å². The van der Waals surface area contributed by atoms with Gasteiger partial charge >= 0.3 is 5.97 Å². The van der Waals surface area contributed by atoms with Crippen LogP contribution in [0.1, 0.15) is 59.9 Å². The second kappa shape index (κ2) is 11.2. The van der Waals surface area contributed by atoms with E-state index in [-0.39, 0.29) is 23.7 Å². The normalized spacial score (nSPS) is 34.8. The highest BCUT2D eigenvalue weighted by Crippen LogP contribution is 2.33. The molecule has 0 bridgehead atoms. The van der Waals surface area contributed by atoms with E-state index in [0.29, 0.717) is 18.4 Å². The molecule has 0 fully saturated rings. The highest BCUT2D eigenvalue weighted by molar-refractivity contribution is 6.00. The van der Waals surface area contributed by atoms with E-state index in [9.17, 15) is 19.5 Å². The van der Waals surface area contributed by atoms with Crippen molar-refractivity contribution < 1.29 is 29.0 Å². The van der Waals surface area contributed by atoms with Gasteiger partial charge in [0.1, 0.15) is 23.1 Å². The molecule has 1 heterocycles. The van der Waals surface area contributed by atoms with E-state index in [1.54, 1.807) is 27.9 Å². The minimum Gasteiger partial charge on any atom is -0.427 e. The maximum atomic E-state index is 13.3. The maximum absolute atomic E-state index is 13.3. The molecule has 1 aromatic carbocycles. The summed E-state index contributed by atoms with van der Waals surface area (Å²) in [4.78, 5) is 39.3. The zero-order valence-corrected chi connectivity index (χ0v) is 21.4. The summed E-state index contributed by atoms with van der Waals surface area (Å²) in [5.41, 5.74) is -1.31. The summed E-state index contributed by atoms with van der Waals surface area (Å²) in [7, 11) is 1.56. The van der Waals surface area contributed by atoms with Crippen LogP contribution in [0, 0.1) is 17.8 Å². The average Bonchev–Trinajstić information content (AvgIpc) is 2.80. The molecular weight excluding hydrogens is 432 g/mol. The van der Waals surface area contributed by atoms with E-state index >= 15 is 0 Å². The van der Waals surface area contributed by atoms with E-state index in [1.165, 1.54) is 19.1 Å². The fraction of sp³-hybridized carbons (Fsp3) is 0.536. The fourth-order valence-electron chi connectivity index (χ4n) is 4.81. The van der Waals surface area contributed by atoms with Crippen LogP contribution in [0.2, 0.25) is 0 Å². The van der Waals surface area contributed by atoms with Crippen LogP contribution in [0.4, 0.5) is 0 Å².